The molecule has 0 unspecified atom stereocenters. The molecule has 7 nitrogen and oxygen atoms in total. The molecule has 7 heteroatoms. The number of aromatic nitrogens is 2. The van der Waals surface area contributed by atoms with Crippen LogP contribution in [0.15, 0.2) is 22.7 Å². The molecule has 0 aliphatic rings. The summed E-state index contributed by atoms with van der Waals surface area (Å²) >= 11 is 0. The van der Waals surface area contributed by atoms with Gasteiger partial charge in [0.25, 0.3) is 5.91 Å². The van der Waals surface area contributed by atoms with Crippen LogP contribution in [-0.4, -0.2) is 30.3 Å². The van der Waals surface area contributed by atoms with Gasteiger partial charge in [0.15, 0.2) is 5.82 Å². The lowest BCUT2D eigenvalue weighted by atomic mass is 10.1. The molecule has 0 bridgehead atoms. The van der Waals surface area contributed by atoms with Crippen molar-refractivity contribution in [3.05, 3.63) is 35.5 Å². The molecule has 1 amide bonds. The minimum Gasteiger partial charge on any atom is -0.497 e. The summed E-state index contributed by atoms with van der Waals surface area (Å²) in [5, 5.41) is 6.48. The molecule has 0 saturated carbocycles. The van der Waals surface area contributed by atoms with Crippen molar-refractivity contribution in [2.45, 2.75) is 19.9 Å². The number of nitrogens with one attached hydrogen (secondary N) is 1. The number of carbonyl (C=O) groups excluding carboxylic acids is 1. The molecule has 1 heterocycles. The van der Waals surface area contributed by atoms with Crippen molar-refractivity contribution in [3.8, 4) is 11.5 Å². The maximum absolute atomic E-state index is 12.3. The number of rotatable bonds is 5. The van der Waals surface area contributed by atoms with Crippen LogP contribution in [0.2, 0.25) is 0 Å². The fraction of sp³-hybridized carbons (Fsp3) is 0.357. The summed E-state index contributed by atoms with van der Waals surface area (Å²) in [7, 11) is 3.04. The smallest absolute Gasteiger partial charge is 0.255 e. The topological polar surface area (TPSA) is 86.5 Å². The van der Waals surface area contributed by atoms with Crippen LogP contribution < -0.4 is 14.8 Å². The normalized spacial score (nSPS) is 11.8. The van der Waals surface area contributed by atoms with Gasteiger partial charge in [-0.1, -0.05) is 5.16 Å². The second kappa shape index (κ2) is 6.25. The summed E-state index contributed by atoms with van der Waals surface area (Å²) in [6, 6.07) is 4.60. The molecule has 0 saturated heterocycles. The molecule has 2 aromatic rings. The lowest BCUT2D eigenvalue weighted by Crippen LogP contribution is -2.27. The summed E-state index contributed by atoms with van der Waals surface area (Å²) in [5.41, 5.74) is 0.375. The van der Waals surface area contributed by atoms with E-state index in [4.69, 9.17) is 14.0 Å². The zero-order chi connectivity index (χ0) is 15.4. The third kappa shape index (κ3) is 3.31. The monoisotopic (exact) mass is 291 g/mol. The van der Waals surface area contributed by atoms with Crippen molar-refractivity contribution in [1.29, 1.82) is 0 Å². The fourth-order valence-electron chi connectivity index (χ4n) is 1.82. The van der Waals surface area contributed by atoms with E-state index in [0.29, 0.717) is 28.8 Å². The zero-order valence-corrected chi connectivity index (χ0v) is 12.3. The predicted octanol–water partition coefficient (Wildman–Crippen LogP) is 1.89. The average Bonchev–Trinajstić information content (AvgIpc) is 2.93. The summed E-state index contributed by atoms with van der Waals surface area (Å²) < 4.78 is 15.3. The fourth-order valence-corrected chi connectivity index (χ4v) is 1.82. The first-order valence-corrected chi connectivity index (χ1v) is 6.38. The minimum absolute atomic E-state index is 0.311. The van der Waals surface area contributed by atoms with Gasteiger partial charge in [-0.15, -0.1) is 0 Å². The third-order valence-electron chi connectivity index (χ3n) is 2.91. The molecule has 0 aliphatic heterocycles. The van der Waals surface area contributed by atoms with Gasteiger partial charge >= 0.3 is 0 Å². The van der Waals surface area contributed by atoms with Gasteiger partial charge in [-0.25, -0.2) is 0 Å². The van der Waals surface area contributed by atoms with Gasteiger partial charge in [-0.05, 0) is 32.0 Å². The second-order valence-electron chi connectivity index (χ2n) is 4.44. The van der Waals surface area contributed by atoms with Crippen molar-refractivity contribution < 1.29 is 18.8 Å². The molecular weight excluding hydrogens is 274 g/mol. The standard InChI is InChI=1S/C14H17N3O4/c1-8(14-16-9(2)17-21-14)15-13(18)11-7-10(19-3)5-6-12(11)20-4/h5-8H,1-4H3,(H,15,18)/t8-/m1/s1. The van der Waals surface area contributed by atoms with E-state index in [1.165, 1.54) is 14.2 Å². The number of methoxy groups -OCH3 is 2. The van der Waals surface area contributed by atoms with Crippen LogP contribution in [0.5, 0.6) is 11.5 Å². The van der Waals surface area contributed by atoms with E-state index >= 15 is 0 Å². The molecule has 112 valence electrons. The Morgan fingerprint density at radius 1 is 1.33 bits per heavy atom. The van der Waals surface area contributed by atoms with Gasteiger partial charge in [-0.3, -0.25) is 4.79 Å². The first kappa shape index (κ1) is 14.8. The Kier molecular flexibility index (Phi) is 4.42. The largest absolute Gasteiger partial charge is 0.497 e. The maximum Gasteiger partial charge on any atom is 0.255 e. The summed E-state index contributed by atoms with van der Waals surface area (Å²) in [6.07, 6.45) is 0. The highest BCUT2D eigenvalue weighted by Crippen LogP contribution is 2.24. The van der Waals surface area contributed by atoms with E-state index < -0.39 is 6.04 Å². The number of amides is 1. The molecular formula is C14H17N3O4. The molecule has 0 radical (unpaired) electrons. The Hall–Kier alpha value is -2.57. The van der Waals surface area contributed by atoms with Gasteiger partial charge in [0.05, 0.1) is 19.8 Å². The van der Waals surface area contributed by atoms with E-state index in [1.54, 1.807) is 32.0 Å². The average molecular weight is 291 g/mol. The van der Waals surface area contributed by atoms with Crippen molar-refractivity contribution in [3.63, 3.8) is 0 Å². The summed E-state index contributed by atoms with van der Waals surface area (Å²) in [5.74, 6) is 1.59. The number of hydrogen-bond donors (Lipinski definition) is 1. The Bertz CT molecular complexity index is 639. The van der Waals surface area contributed by atoms with Crippen LogP contribution in [0, 0.1) is 6.92 Å². The molecule has 1 aromatic carbocycles. The highest BCUT2D eigenvalue weighted by molar-refractivity contribution is 5.97. The van der Waals surface area contributed by atoms with Gasteiger partial charge in [0.1, 0.15) is 17.5 Å². The summed E-state index contributed by atoms with van der Waals surface area (Å²) in [6.45, 7) is 3.48. The molecule has 0 fully saturated rings. The third-order valence-corrected chi connectivity index (χ3v) is 2.91. The number of aryl methyl sites for hydroxylation is 1. The quantitative estimate of drug-likeness (QED) is 0.905. The lowest BCUT2D eigenvalue weighted by Gasteiger charge is -2.13. The number of carbonyl (C=O) groups is 1. The Labute approximate surface area is 122 Å². The van der Waals surface area contributed by atoms with Gasteiger partial charge in [0.2, 0.25) is 5.89 Å². The molecule has 1 aromatic heterocycles. The van der Waals surface area contributed by atoms with Crippen molar-refractivity contribution in [1.82, 2.24) is 15.5 Å². The van der Waals surface area contributed by atoms with E-state index in [-0.39, 0.29) is 5.91 Å². The van der Waals surface area contributed by atoms with Crippen LogP contribution in [-0.2, 0) is 0 Å². The molecule has 1 atom stereocenters. The molecule has 1 N–H and O–H groups in total. The number of hydrogen-bond acceptors (Lipinski definition) is 6. The van der Waals surface area contributed by atoms with Gasteiger partial charge < -0.3 is 19.3 Å². The lowest BCUT2D eigenvalue weighted by molar-refractivity contribution is 0.0929. The molecule has 0 aliphatic carbocycles. The number of nitrogens with zero attached hydrogens (tertiary/aromatic N) is 2. The first-order valence-electron chi connectivity index (χ1n) is 6.38. The molecule has 21 heavy (non-hydrogen) atoms. The van der Waals surface area contributed by atoms with Crippen molar-refractivity contribution in [2.24, 2.45) is 0 Å². The van der Waals surface area contributed by atoms with E-state index in [2.05, 4.69) is 15.5 Å². The zero-order valence-electron chi connectivity index (χ0n) is 12.3. The highest BCUT2D eigenvalue weighted by Gasteiger charge is 2.19. The minimum atomic E-state index is -0.408. The van der Waals surface area contributed by atoms with E-state index in [9.17, 15) is 4.79 Å². The van der Waals surface area contributed by atoms with Crippen LogP contribution >= 0.6 is 0 Å². The number of benzene rings is 1. The van der Waals surface area contributed by atoms with Crippen molar-refractivity contribution in [2.75, 3.05) is 14.2 Å². The summed E-state index contributed by atoms with van der Waals surface area (Å²) in [4.78, 5) is 16.4. The molecule has 0 spiro atoms. The number of ether oxygens (including phenoxy) is 2. The van der Waals surface area contributed by atoms with E-state index in [0.717, 1.165) is 0 Å². The van der Waals surface area contributed by atoms with E-state index in [1.807, 2.05) is 0 Å². The van der Waals surface area contributed by atoms with Crippen LogP contribution in [0.1, 0.15) is 35.0 Å². The first-order chi connectivity index (χ1) is 10.0. The van der Waals surface area contributed by atoms with Crippen LogP contribution in [0.25, 0.3) is 0 Å². The maximum atomic E-state index is 12.3. The Morgan fingerprint density at radius 3 is 2.67 bits per heavy atom. The molecule has 2 rings (SSSR count). The SMILES string of the molecule is COc1ccc(OC)c(C(=O)N[C@H](C)c2nc(C)no2)c1. The second-order valence-corrected chi connectivity index (χ2v) is 4.44. The van der Waals surface area contributed by atoms with Crippen LogP contribution in [0.3, 0.4) is 0 Å². The van der Waals surface area contributed by atoms with Crippen LogP contribution in [0.4, 0.5) is 0 Å². The Balaban J connectivity index is 2.19. The van der Waals surface area contributed by atoms with Gasteiger partial charge in [-0.2, -0.15) is 4.98 Å². The van der Waals surface area contributed by atoms with Gasteiger partial charge in [0, 0.05) is 0 Å². The predicted molar refractivity (Wildman–Crippen MR) is 74.5 cm³/mol. The Morgan fingerprint density at radius 2 is 2.10 bits per heavy atom. The van der Waals surface area contributed by atoms with Crippen molar-refractivity contribution >= 4 is 5.91 Å². The highest BCUT2D eigenvalue weighted by atomic mass is 16.5.